The van der Waals surface area contributed by atoms with E-state index in [1.54, 1.807) is 36.7 Å². The van der Waals surface area contributed by atoms with Crippen molar-refractivity contribution in [3.8, 4) is 5.75 Å². The van der Waals surface area contributed by atoms with Crippen molar-refractivity contribution in [2.75, 3.05) is 6.54 Å². The molecule has 27 heavy (non-hydrogen) atoms. The number of benzene rings is 1. The SMILES string of the molecule is O=C(NCCCn1cc(Br)cn1)c1ccn(COc2c(Cl)cccc2Cl)n1. The summed E-state index contributed by atoms with van der Waals surface area (Å²) < 4.78 is 9.82. The molecule has 0 aliphatic carbocycles. The van der Waals surface area contributed by atoms with E-state index in [9.17, 15) is 4.79 Å². The molecule has 7 nitrogen and oxygen atoms in total. The average Bonchev–Trinajstić information content (AvgIpc) is 3.27. The molecule has 3 rings (SSSR count). The zero-order chi connectivity index (χ0) is 19.2. The molecule has 0 aliphatic rings. The summed E-state index contributed by atoms with van der Waals surface area (Å²) in [5, 5.41) is 12.0. The van der Waals surface area contributed by atoms with E-state index in [0.29, 0.717) is 34.6 Å². The van der Waals surface area contributed by atoms with Gasteiger partial charge in [0.25, 0.3) is 5.91 Å². The predicted octanol–water partition coefficient (Wildman–Crippen LogP) is 4.01. The molecule has 1 amide bonds. The lowest BCUT2D eigenvalue weighted by Gasteiger charge is -2.09. The van der Waals surface area contributed by atoms with E-state index >= 15 is 0 Å². The fraction of sp³-hybridized carbons (Fsp3) is 0.235. The molecule has 10 heteroatoms. The van der Waals surface area contributed by atoms with Crippen LogP contribution in [-0.4, -0.2) is 32.0 Å². The lowest BCUT2D eigenvalue weighted by atomic mass is 10.3. The second-order valence-electron chi connectivity index (χ2n) is 5.60. The van der Waals surface area contributed by atoms with Crippen LogP contribution in [0.5, 0.6) is 5.75 Å². The summed E-state index contributed by atoms with van der Waals surface area (Å²) in [7, 11) is 0. The number of carbonyl (C=O) groups is 1. The van der Waals surface area contributed by atoms with Crippen LogP contribution in [0.2, 0.25) is 10.0 Å². The second kappa shape index (κ2) is 9.25. The van der Waals surface area contributed by atoms with Gasteiger partial charge in [-0.2, -0.15) is 10.2 Å². The number of aryl methyl sites for hydroxylation is 1. The normalized spacial score (nSPS) is 10.8. The van der Waals surface area contributed by atoms with Gasteiger partial charge in [-0.05, 0) is 40.5 Å². The maximum atomic E-state index is 12.2. The number of ether oxygens (including phenoxy) is 1. The minimum absolute atomic E-state index is 0.0882. The van der Waals surface area contributed by atoms with Crippen molar-refractivity contribution >= 4 is 45.0 Å². The molecule has 3 aromatic rings. The number of nitrogens with one attached hydrogen (secondary N) is 1. The van der Waals surface area contributed by atoms with Crippen molar-refractivity contribution in [2.24, 2.45) is 0 Å². The number of nitrogens with zero attached hydrogens (tertiary/aromatic N) is 4. The summed E-state index contributed by atoms with van der Waals surface area (Å²) in [4.78, 5) is 12.2. The molecule has 0 spiro atoms. The Morgan fingerprint density at radius 2 is 2.00 bits per heavy atom. The number of amides is 1. The Morgan fingerprint density at radius 3 is 2.70 bits per heavy atom. The molecule has 1 N–H and O–H groups in total. The molecule has 0 bridgehead atoms. The van der Waals surface area contributed by atoms with Gasteiger partial charge < -0.3 is 10.1 Å². The number of hydrogen-bond donors (Lipinski definition) is 1. The molecule has 2 heterocycles. The monoisotopic (exact) mass is 471 g/mol. The van der Waals surface area contributed by atoms with E-state index < -0.39 is 0 Å². The van der Waals surface area contributed by atoms with Gasteiger partial charge in [0.2, 0.25) is 0 Å². The van der Waals surface area contributed by atoms with E-state index in [0.717, 1.165) is 10.9 Å². The molecule has 0 aliphatic heterocycles. The minimum Gasteiger partial charge on any atom is -0.468 e. The number of halogens is 3. The smallest absolute Gasteiger partial charge is 0.271 e. The van der Waals surface area contributed by atoms with Crippen LogP contribution in [0, 0.1) is 0 Å². The standard InChI is InChI=1S/C17H16BrCl2N5O2/c18-12-9-22-24(10-12)7-2-6-21-17(26)15-5-8-25(23-15)11-27-16-13(19)3-1-4-14(16)20/h1,3-5,8-10H,2,6-7,11H2,(H,21,26). The van der Waals surface area contributed by atoms with Gasteiger partial charge in [-0.1, -0.05) is 29.3 Å². The quantitative estimate of drug-likeness (QED) is 0.502. The van der Waals surface area contributed by atoms with Crippen LogP contribution in [0.15, 0.2) is 47.3 Å². The van der Waals surface area contributed by atoms with Crippen LogP contribution in [0.4, 0.5) is 0 Å². The zero-order valence-corrected chi connectivity index (χ0v) is 17.2. The van der Waals surface area contributed by atoms with Crippen molar-refractivity contribution < 1.29 is 9.53 Å². The van der Waals surface area contributed by atoms with Gasteiger partial charge in [0.1, 0.15) is 5.69 Å². The van der Waals surface area contributed by atoms with Gasteiger partial charge in [-0.25, -0.2) is 4.68 Å². The van der Waals surface area contributed by atoms with Gasteiger partial charge in [0.05, 0.1) is 20.7 Å². The first-order valence-corrected chi connectivity index (χ1v) is 9.64. The molecule has 0 fully saturated rings. The highest BCUT2D eigenvalue weighted by atomic mass is 79.9. The van der Waals surface area contributed by atoms with Crippen LogP contribution >= 0.6 is 39.1 Å². The lowest BCUT2D eigenvalue weighted by molar-refractivity contribution is 0.0945. The van der Waals surface area contributed by atoms with Crippen LogP contribution < -0.4 is 10.1 Å². The Bertz CT molecular complexity index is 907. The Morgan fingerprint density at radius 1 is 1.22 bits per heavy atom. The maximum absolute atomic E-state index is 12.2. The third kappa shape index (κ3) is 5.47. The molecular weight excluding hydrogens is 457 g/mol. The van der Waals surface area contributed by atoms with Gasteiger partial charge in [0.15, 0.2) is 12.5 Å². The molecule has 0 saturated carbocycles. The highest BCUT2D eigenvalue weighted by Gasteiger charge is 2.11. The summed E-state index contributed by atoms with van der Waals surface area (Å²) in [6, 6.07) is 6.73. The molecule has 0 saturated heterocycles. The van der Waals surface area contributed by atoms with E-state index in [-0.39, 0.29) is 12.6 Å². The number of rotatable bonds is 8. The largest absolute Gasteiger partial charge is 0.468 e. The van der Waals surface area contributed by atoms with Crippen LogP contribution in [-0.2, 0) is 13.3 Å². The fourth-order valence-electron chi connectivity index (χ4n) is 2.30. The van der Waals surface area contributed by atoms with Gasteiger partial charge in [0, 0.05) is 25.5 Å². The summed E-state index contributed by atoms with van der Waals surface area (Å²) in [5.41, 5.74) is 0.311. The topological polar surface area (TPSA) is 74.0 Å². The molecule has 0 atom stereocenters. The van der Waals surface area contributed by atoms with E-state index in [1.807, 2.05) is 10.9 Å². The Balaban J connectivity index is 1.46. The molecule has 1 aromatic carbocycles. The van der Waals surface area contributed by atoms with E-state index in [1.165, 1.54) is 4.68 Å². The maximum Gasteiger partial charge on any atom is 0.271 e. The Labute approximate surface area is 174 Å². The van der Waals surface area contributed by atoms with Gasteiger partial charge >= 0.3 is 0 Å². The van der Waals surface area contributed by atoms with Crippen LogP contribution in [0.3, 0.4) is 0 Å². The number of aromatic nitrogens is 4. The third-order valence-corrected chi connectivity index (χ3v) is 4.59. The van der Waals surface area contributed by atoms with Crippen molar-refractivity contribution in [3.05, 3.63) is 63.1 Å². The second-order valence-corrected chi connectivity index (χ2v) is 7.33. The number of para-hydroxylation sites is 1. The average molecular weight is 473 g/mol. The lowest BCUT2D eigenvalue weighted by Crippen LogP contribution is -2.26. The first-order chi connectivity index (χ1) is 13.0. The first kappa shape index (κ1) is 19.7. The molecule has 0 unspecified atom stereocenters. The van der Waals surface area contributed by atoms with Crippen LogP contribution in [0.25, 0.3) is 0 Å². The van der Waals surface area contributed by atoms with Crippen LogP contribution in [0.1, 0.15) is 16.9 Å². The third-order valence-electron chi connectivity index (χ3n) is 3.58. The molecular formula is C17H16BrCl2N5O2. The summed E-state index contributed by atoms with van der Waals surface area (Å²) >= 11 is 15.5. The Hall–Kier alpha value is -2.03. The minimum atomic E-state index is -0.244. The highest BCUT2D eigenvalue weighted by molar-refractivity contribution is 9.10. The van der Waals surface area contributed by atoms with Crippen molar-refractivity contribution in [2.45, 2.75) is 19.7 Å². The molecule has 142 valence electrons. The highest BCUT2D eigenvalue weighted by Crippen LogP contribution is 2.32. The summed E-state index contributed by atoms with van der Waals surface area (Å²) in [6.07, 6.45) is 6.02. The van der Waals surface area contributed by atoms with Gasteiger partial charge in [-0.15, -0.1) is 0 Å². The number of carbonyl (C=O) groups excluding carboxylic acids is 1. The van der Waals surface area contributed by atoms with E-state index in [4.69, 9.17) is 27.9 Å². The predicted molar refractivity (Wildman–Crippen MR) is 106 cm³/mol. The Kier molecular flexibility index (Phi) is 6.76. The van der Waals surface area contributed by atoms with E-state index in [2.05, 4.69) is 31.4 Å². The molecule has 0 radical (unpaired) electrons. The number of hydrogen-bond acceptors (Lipinski definition) is 4. The fourth-order valence-corrected chi connectivity index (χ4v) is 3.13. The van der Waals surface area contributed by atoms with Crippen molar-refractivity contribution in [1.29, 1.82) is 0 Å². The summed E-state index contributed by atoms with van der Waals surface area (Å²) in [6.45, 7) is 1.33. The van der Waals surface area contributed by atoms with Gasteiger partial charge in [-0.3, -0.25) is 9.48 Å². The zero-order valence-electron chi connectivity index (χ0n) is 14.1. The summed E-state index contributed by atoms with van der Waals surface area (Å²) in [5.74, 6) is 0.138. The van der Waals surface area contributed by atoms with Crippen molar-refractivity contribution in [1.82, 2.24) is 24.9 Å². The molecule has 2 aromatic heterocycles. The van der Waals surface area contributed by atoms with Crippen molar-refractivity contribution in [3.63, 3.8) is 0 Å². The first-order valence-electron chi connectivity index (χ1n) is 8.09.